The van der Waals surface area contributed by atoms with Crippen LogP contribution in [0, 0.1) is 0 Å². The molecule has 3 aromatic rings. The molecule has 0 spiro atoms. The Morgan fingerprint density at radius 3 is 2.78 bits per heavy atom. The SMILES string of the molecule is O=C(C[NH+]1CCC(c2nc3ccccc3s2)CC1)NCc1cccc(Cl)c1. The van der Waals surface area contributed by atoms with Gasteiger partial charge in [0.15, 0.2) is 6.54 Å². The Kier molecular flexibility index (Phi) is 5.72. The zero-order valence-corrected chi connectivity index (χ0v) is 16.7. The predicted octanol–water partition coefficient (Wildman–Crippen LogP) is 3.03. The fourth-order valence-electron chi connectivity index (χ4n) is 3.65. The van der Waals surface area contributed by atoms with Gasteiger partial charge in [-0.15, -0.1) is 11.3 Å². The molecule has 1 aliphatic heterocycles. The summed E-state index contributed by atoms with van der Waals surface area (Å²) in [6.45, 7) is 3.10. The summed E-state index contributed by atoms with van der Waals surface area (Å²) in [4.78, 5) is 18.4. The number of likely N-dealkylation sites (tertiary alicyclic amines) is 1. The minimum Gasteiger partial charge on any atom is -0.347 e. The van der Waals surface area contributed by atoms with Crippen LogP contribution in [0.15, 0.2) is 48.5 Å². The van der Waals surface area contributed by atoms with E-state index in [1.165, 1.54) is 14.6 Å². The second-order valence-corrected chi connectivity index (χ2v) is 8.63. The van der Waals surface area contributed by atoms with Crippen molar-refractivity contribution in [1.29, 1.82) is 0 Å². The summed E-state index contributed by atoms with van der Waals surface area (Å²) >= 11 is 7.80. The molecule has 140 valence electrons. The Hall–Kier alpha value is -1.95. The predicted molar refractivity (Wildman–Crippen MR) is 110 cm³/mol. The van der Waals surface area contributed by atoms with Crippen molar-refractivity contribution in [1.82, 2.24) is 10.3 Å². The number of nitrogens with one attached hydrogen (secondary N) is 2. The number of carbonyl (C=O) groups excluding carboxylic acids is 1. The molecule has 4 rings (SSSR count). The number of carbonyl (C=O) groups is 1. The second kappa shape index (κ2) is 8.38. The lowest BCUT2D eigenvalue weighted by atomic mass is 9.97. The number of rotatable bonds is 5. The Morgan fingerprint density at radius 2 is 2.00 bits per heavy atom. The number of quaternary nitrogens is 1. The van der Waals surface area contributed by atoms with E-state index in [1.807, 2.05) is 41.7 Å². The van der Waals surface area contributed by atoms with Gasteiger partial charge in [-0.05, 0) is 29.8 Å². The summed E-state index contributed by atoms with van der Waals surface area (Å²) in [7, 11) is 0. The van der Waals surface area contributed by atoms with E-state index in [2.05, 4.69) is 23.5 Å². The molecule has 2 heterocycles. The van der Waals surface area contributed by atoms with Crippen LogP contribution in [0.4, 0.5) is 0 Å². The molecule has 27 heavy (non-hydrogen) atoms. The highest BCUT2D eigenvalue weighted by Crippen LogP contribution is 2.31. The molecule has 0 aliphatic carbocycles. The summed E-state index contributed by atoms with van der Waals surface area (Å²) in [6.07, 6.45) is 2.19. The third-order valence-corrected chi connectivity index (χ3v) is 6.58. The molecule has 1 aliphatic rings. The first-order valence-corrected chi connectivity index (χ1v) is 10.6. The fraction of sp³-hybridized carbons (Fsp3) is 0.333. The van der Waals surface area contributed by atoms with Crippen LogP contribution in [-0.4, -0.2) is 30.5 Å². The molecule has 0 atom stereocenters. The van der Waals surface area contributed by atoms with Gasteiger partial charge in [0.05, 0.1) is 28.3 Å². The standard InChI is InChI=1S/C21H22ClN3OS/c22-17-5-3-4-15(12-17)13-23-20(26)14-25-10-8-16(9-11-25)21-24-18-6-1-2-7-19(18)27-21/h1-7,12,16H,8-11,13-14H2,(H,23,26)/p+1. The van der Waals surface area contributed by atoms with E-state index in [4.69, 9.17) is 16.6 Å². The van der Waals surface area contributed by atoms with Crippen LogP contribution in [0.2, 0.25) is 5.02 Å². The van der Waals surface area contributed by atoms with E-state index >= 15 is 0 Å². The summed E-state index contributed by atoms with van der Waals surface area (Å²) in [5, 5.41) is 4.95. The average Bonchev–Trinajstić information content (AvgIpc) is 3.11. The molecule has 1 aromatic heterocycles. The first kappa shape index (κ1) is 18.4. The quantitative estimate of drug-likeness (QED) is 0.691. The highest BCUT2D eigenvalue weighted by atomic mass is 35.5. The van der Waals surface area contributed by atoms with Crippen LogP contribution >= 0.6 is 22.9 Å². The van der Waals surface area contributed by atoms with E-state index in [0.29, 0.717) is 24.0 Å². The van der Waals surface area contributed by atoms with Crippen molar-refractivity contribution in [2.24, 2.45) is 0 Å². The van der Waals surface area contributed by atoms with Gasteiger partial charge in [-0.25, -0.2) is 4.98 Å². The molecule has 1 saturated heterocycles. The third-order valence-electron chi connectivity index (χ3n) is 5.14. The van der Waals surface area contributed by atoms with Crippen molar-refractivity contribution >= 4 is 39.1 Å². The molecule has 0 bridgehead atoms. The van der Waals surface area contributed by atoms with Crippen molar-refractivity contribution in [2.45, 2.75) is 25.3 Å². The number of amides is 1. The molecule has 1 amide bonds. The van der Waals surface area contributed by atoms with Crippen LogP contribution in [0.25, 0.3) is 10.2 Å². The maximum atomic E-state index is 12.3. The van der Waals surface area contributed by atoms with E-state index < -0.39 is 0 Å². The molecule has 0 radical (unpaired) electrons. The molecule has 6 heteroatoms. The maximum Gasteiger partial charge on any atom is 0.275 e. The molecular formula is C21H23ClN3OS+. The number of halogens is 1. The molecule has 1 fully saturated rings. The summed E-state index contributed by atoms with van der Waals surface area (Å²) in [6, 6.07) is 15.9. The van der Waals surface area contributed by atoms with Gasteiger partial charge in [-0.1, -0.05) is 35.9 Å². The lowest BCUT2D eigenvalue weighted by Gasteiger charge is -2.27. The molecule has 4 nitrogen and oxygen atoms in total. The van der Waals surface area contributed by atoms with Crippen LogP contribution < -0.4 is 10.2 Å². The lowest BCUT2D eigenvalue weighted by molar-refractivity contribution is -0.897. The normalized spacial score (nSPS) is 19.9. The van der Waals surface area contributed by atoms with Crippen molar-refractivity contribution in [3.8, 4) is 0 Å². The van der Waals surface area contributed by atoms with Crippen LogP contribution in [-0.2, 0) is 11.3 Å². The zero-order valence-electron chi connectivity index (χ0n) is 15.1. The Labute approximate surface area is 168 Å². The van der Waals surface area contributed by atoms with Crippen molar-refractivity contribution < 1.29 is 9.69 Å². The first-order chi connectivity index (χ1) is 13.2. The van der Waals surface area contributed by atoms with Gasteiger partial charge >= 0.3 is 0 Å². The van der Waals surface area contributed by atoms with E-state index in [0.717, 1.165) is 37.0 Å². The number of thiazole rings is 1. The highest BCUT2D eigenvalue weighted by molar-refractivity contribution is 7.18. The molecule has 2 aromatic carbocycles. The van der Waals surface area contributed by atoms with Crippen molar-refractivity contribution in [3.63, 3.8) is 0 Å². The van der Waals surface area contributed by atoms with Crippen LogP contribution in [0.3, 0.4) is 0 Å². The van der Waals surface area contributed by atoms with Gasteiger partial charge in [0, 0.05) is 30.3 Å². The number of nitrogens with zero attached hydrogens (tertiary/aromatic N) is 1. The second-order valence-electron chi connectivity index (χ2n) is 7.13. The Bertz CT molecular complexity index is 901. The van der Waals surface area contributed by atoms with Crippen LogP contribution in [0.1, 0.15) is 29.3 Å². The Balaban J connectivity index is 1.26. The van der Waals surface area contributed by atoms with E-state index in [-0.39, 0.29) is 5.91 Å². The summed E-state index contributed by atoms with van der Waals surface area (Å²) in [5.41, 5.74) is 2.13. The minimum absolute atomic E-state index is 0.100. The topological polar surface area (TPSA) is 46.4 Å². The van der Waals surface area contributed by atoms with E-state index in [1.54, 1.807) is 0 Å². The molecule has 0 saturated carbocycles. The number of fused-ring (bicyclic) bond motifs is 1. The van der Waals surface area contributed by atoms with Gasteiger partial charge in [0.2, 0.25) is 0 Å². The number of piperidine rings is 1. The fourth-order valence-corrected chi connectivity index (χ4v) is 5.00. The largest absolute Gasteiger partial charge is 0.347 e. The minimum atomic E-state index is 0.100. The molecule has 0 unspecified atom stereocenters. The lowest BCUT2D eigenvalue weighted by Crippen LogP contribution is -3.14. The molecular weight excluding hydrogens is 378 g/mol. The Morgan fingerprint density at radius 1 is 1.19 bits per heavy atom. The monoisotopic (exact) mass is 400 g/mol. The van der Waals surface area contributed by atoms with E-state index in [9.17, 15) is 4.79 Å². The number of hydrogen-bond donors (Lipinski definition) is 2. The number of para-hydroxylation sites is 1. The van der Waals surface area contributed by atoms with Crippen LogP contribution in [0.5, 0.6) is 0 Å². The summed E-state index contributed by atoms with van der Waals surface area (Å²) < 4.78 is 1.27. The average molecular weight is 401 g/mol. The highest BCUT2D eigenvalue weighted by Gasteiger charge is 2.27. The number of aromatic nitrogens is 1. The number of hydrogen-bond acceptors (Lipinski definition) is 3. The maximum absolute atomic E-state index is 12.3. The van der Waals surface area contributed by atoms with Gasteiger partial charge in [-0.3, -0.25) is 4.79 Å². The third kappa shape index (κ3) is 4.67. The van der Waals surface area contributed by atoms with Crippen molar-refractivity contribution in [2.75, 3.05) is 19.6 Å². The van der Waals surface area contributed by atoms with Crippen molar-refractivity contribution in [3.05, 3.63) is 64.1 Å². The number of benzene rings is 2. The molecule has 2 N–H and O–H groups in total. The van der Waals surface area contributed by atoms with Gasteiger partial charge in [0.25, 0.3) is 5.91 Å². The first-order valence-electron chi connectivity index (χ1n) is 9.37. The van der Waals surface area contributed by atoms with Gasteiger partial charge in [0.1, 0.15) is 0 Å². The van der Waals surface area contributed by atoms with Gasteiger partial charge < -0.3 is 10.2 Å². The zero-order chi connectivity index (χ0) is 18.6. The summed E-state index contributed by atoms with van der Waals surface area (Å²) in [5.74, 6) is 0.629. The smallest absolute Gasteiger partial charge is 0.275 e. The van der Waals surface area contributed by atoms with Gasteiger partial charge in [-0.2, -0.15) is 0 Å².